The summed E-state index contributed by atoms with van der Waals surface area (Å²) in [5.74, 6) is 0.506. The van der Waals surface area contributed by atoms with E-state index in [0.29, 0.717) is 5.75 Å². The summed E-state index contributed by atoms with van der Waals surface area (Å²) in [6.07, 6.45) is -4.59. The van der Waals surface area contributed by atoms with E-state index in [2.05, 4.69) is 0 Å². The lowest BCUT2D eigenvalue weighted by molar-refractivity contribution is -0.137. The minimum absolute atomic E-state index is 0.0421. The largest absolute Gasteiger partial charge is 0.456 e. The maximum absolute atomic E-state index is 12.8. The van der Waals surface area contributed by atoms with E-state index in [9.17, 15) is 13.2 Å². The molecule has 0 heterocycles. The summed E-state index contributed by atoms with van der Waals surface area (Å²) in [5.41, 5.74) is -1.42. The second-order valence-electron chi connectivity index (χ2n) is 3.85. The molecule has 0 aliphatic carbocycles. The number of alkyl halides is 3. The number of rotatable bonds is 2. The van der Waals surface area contributed by atoms with Gasteiger partial charge < -0.3 is 4.74 Å². The van der Waals surface area contributed by atoms with E-state index in [1.54, 1.807) is 24.3 Å². The first-order valence-corrected chi connectivity index (χ1v) is 6.53. The van der Waals surface area contributed by atoms with Crippen LogP contribution in [0.5, 0.6) is 11.5 Å². The first-order chi connectivity index (χ1) is 9.41. The molecule has 0 radical (unpaired) electrons. The van der Waals surface area contributed by atoms with Crippen molar-refractivity contribution in [1.82, 2.24) is 0 Å². The van der Waals surface area contributed by atoms with Crippen molar-refractivity contribution in [2.75, 3.05) is 0 Å². The van der Waals surface area contributed by atoms with Gasteiger partial charge in [0, 0.05) is 0 Å². The summed E-state index contributed by atoms with van der Waals surface area (Å²) in [5, 5.41) is 8.71. The smallest absolute Gasteiger partial charge is 0.417 e. The van der Waals surface area contributed by atoms with E-state index >= 15 is 0 Å². The zero-order chi connectivity index (χ0) is 14.8. The van der Waals surface area contributed by atoms with E-state index in [4.69, 9.17) is 10.00 Å². The SMILES string of the molecule is N#Cc1ccc(Oc2ccccc2I)cc1C(F)(F)F. The van der Waals surface area contributed by atoms with Gasteiger partial charge in [-0.15, -0.1) is 0 Å². The zero-order valence-electron chi connectivity index (χ0n) is 9.91. The van der Waals surface area contributed by atoms with Crippen molar-refractivity contribution in [3.05, 3.63) is 57.2 Å². The van der Waals surface area contributed by atoms with Crippen LogP contribution in [0.25, 0.3) is 0 Å². The third-order valence-electron chi connectivity index (χ3n) is 2.48. The average molecular weight is 389 g/mol. The Hall–Kier alpha value is -1.75. The molecule has 0 N–H and O–H groups in total. The lowest BCUT2D eigenvalue weighted by atomic mass is 10.1. The van der Waals surface area contributed by atoms with E-state index in [-0.39, 0.29) is 5.75 Å². The van der Waals surface area contributed by atoms with Gasteiger partial charge in [-0.05, 0) is 52.9 Å². The Morgan fingerprint density at radius 2 is 1.80 bits per heavy atom. The fourth-order valence-electron chi connectivity index (χ4n) is 1.57. The number of benzene rings is 2. The fourth-order valence-corrected chi connectivity index (χ4v) is 2.07. The molecule has 0 aliphatic rings. The summed E-state index contributed by atoms with van der Waals surface area (Å²) in [6.45, 7) is 0. The molecule has 2 aromatic carbocycles. The number of para-hydroxylation sites is 1. The summed E-state index contributed by atoms with van der Waals surface area (Å²) in [4.78, 5) is 0. The molecule has 0 atom stereocenters. The maximum atomic E-state index is 12.8. The number of ether oxygens (including phenoxy) is 1. The molecule has 0 spiro atoms. The van der Waals surface area contributed by atoms with Crippen LogP contribution in [-0.2, 0) is 6.18 Å². The molecule has 2 rings (SSSR count). The quantitative estimate of drug-likeness (QED) is 0.680. The van der Waals surface area contributed by atoms with Crippen molar-refractivity contribution < 1.29 is 17.9 Å². The van der Waals surface area contributed by atoms with Crippen molar-refractivity contribution in [3.63, 3.8) is 0 Å². The number of hydrogen-bond donors (Lipinski definition) is 0. The second-order valence-corrected chi connectivity index (χ2v) is 5.01. The van der Waals surface area contributed by atoms with Crippen LogP contribution in [0.4, 0.5) is 13.2 Å². The standard InChI is InChI=1S/C14H7F3INO/c15-14(16,17)11-7-10(6-5-9(11)8-19)20-13-4-2-1-3-12(13)18/h1-7H. The Bertz CT molecular complexity index is 677. The summed E-state index contributed by atoms with van der Waals surface area (Å²) in [6, 6.07) is 11.8. The summed E-state index contributed by atoms with van der Waals surface area (Å²) in [7, 11) is 0. The van der Waals surface area contributed by atoms with E-state index < -0.39 is 17.3 Å². The molecule has 0 bridgehead atoms. The number of nitriles is 1. The minimum Gasteiger partial charge on any atom is -0.456 e. The third-order valence-corrected chi connectivity index (χ3v) is 3.37. The lowest BCUT2D eigenvalue weighted by Gasteiger charge is -2.12. The van der Waals surface area contributed by atoms with Gasteiger partial charge in [0.15, 0.2) is 0 Å². The van der Waals surface area contributed by atoms with Gasteiger partial charge in [0.25, 0.3) is 0 Å². The Morgan fingerprint density at radius 1 is 1.10 bits per heavy atom. The summed E-state index contributed by atoms with van der Waals surface area (Å²) >= 11 is 2.03. The zero-order valence-corrected chi connectivity index (χ0v) is 12.1. The normalized spacial score (nSPS) is 10.9. The van der Waals surface area contributed by atoms with Gasteiger partial charge in [-0.2, -0.15) is 18.4 Å². The van der Waals surface area contributed by atoms with Gasteiger partial charge in [0.2, 0.25) is 0 Å². The fraction of sp³-hybridized carbons (Fsp3) is 0.0714. The van der Waals surface area contributed by atoms with Crippen LogP contribution < -0.4 is 4.74 Å². The molecule has 102 valence electrons. The first-order valence-electron chi connectivity index (χ1n) is 5.45. The molecule has 6 heteroatoms. The molecule has 0 amide bonds. The molecule has 0 saturated heterocycles. The Labute approximate surface area is 126 Å². The lowest BCUT2D eigenvalue weighted by Crippen LogP contribution is -2.08. The van der Waals surface area contributed by atoms with Crippen molar-refractivity contribution in [2.24, 2.45) is 0 Å². The number of nitrogens with zero attached hydrogens (tertiary/aromatic N) is 1. The van der Waals surface area contributed by atoms with E-state index in [1.807, 2.05) is 22.6 Å². The molecule has 0 fully saturated rings. The van der Waals surface area contributed by atoms with E-state index in [1.165, 1.54) is 12.1 Å². The highest BCUT2D eigenvalue weighted by Gasteiger charge is 2.34. The predicted octanol–water partition coefficient (Wildman–Crippen LogP) is 4.97. The third kappa shape index (κ3) is 3.22. The van der Waals surface area contributed by atoms with Gasteiger partial charge in [-0.3, -0.25) is 0 Å². The Kier molecular flexibility index (Phi) is 4.18. The second kappa shape index (κ2) is 5.71. The average Bonchev–Trinajstić information content (AvgIpc) is 2.40. The highest BCUT2D eigenvalue weighted by Crippen LogP contribution is 2.35. The maximum Gasteiger partial charge on any atom is 0.417 e. The topological polar surface area (TPSA) is 33.0 Å². The van der Waals surface area contributed by atoms with Crippen LogP contribution in [0.15, 0.2) is 42.5 Å². The highest BCUT2D eigenvalue weighted by atomic mass is 127. The van der Waals surface area contributed by atoms with Crippen LogP contribution in [-0.4, -0.2) is 0 Å². The molecule has 0 aliphatic heterocycles. The summed E-state index contributed by atoms with van der Waals surface area (Å²) < 4.78 is 44.7. The van der Waals surface area contributed by atoms with Crippen molar-refractivity contribution in [1.29, 1.82) is 5.26 Å². The first kappa shape index (κ1) is 14.7. The molecule has 0 aromatic heterocycles. The van der Waals surface area contributed by atoms with Crippen LogP contribution in [0.2, 0.25) is 0 Å². The van der Waals surface area contributed by atoms with Gasteiger partial charge >= 0.3 is 6.18 Å². The van der Waals surface area contributed by atoms with E-state index in [0.717, 1.165) is 15.7 Å². The number of halogens is 4. The van der Waals surface area contributed by atoms with Gasteiger partial charge in [-0.1, -0.05) is 12.1 Å². The molecule has 0 saturated carbocycles. The van der Waals surface area contributed by atoms with Crippen LogP contribution in [0.1, 0.15) is 11.1 Å². The van der Waals surface area contributed by atoms with Gasteiger partial charge in [0.1, 0.15) is 11.5 Å². The highest BCUT2D eigenvalue weighted by molar-refractivity contribution is 14.1. The molecular weight excluding hydrogens is 382 g/mol. The Morgan fingerprint density at radius 3 is 2.40 bits per heavy atom. The molecule has 20 heavy (non-hydrogen) atoms. The molecule has 0 unspecified atom stereocenters. The van der Waals surface area contributed by atoms with Crippen LogP contribution >= 0.6 is 22.6 Å². The van der Waals surface area contributed by atoms with Gasteiger partial charge in [0.05, 0.1) is 20.8 Å². The monoisotopic (exact) mass is 389 g/mol. The molecule has 2 nitrogen and oxygen atoms in total. The van der Waals surface area contributed by atoms with Crippen molar-refractivity contribution in [2.45, 2.75) is 6.18 Å². The van der Waals surface area contributed by atoms with Crippen LogP contribution in [0, 0.1) is 14.9 Å². The van der Waals surface area contributed by atoms with Crippen molar-refractivity contribution in [3.8, 4) is 17.6 Å². The molecule has 2 aromatic rings. The van der Waals surface area contributed by atoms with Gasteiger partial charge in [-0.25, -0.2) is 0 Å². The van der Waals surface area contributed by atoms with Crippen molar-refractivity contribution >= 4 is 22.6 Å². The Balaban J connectivity index is 2.40. The predicted molar refractivity (Wildman–Crippen MR) is 75.4 cm³/mol. The minimum atomic E-state index is -4.59. The molecular formula is C14H7F3INO. The van der Waals surface area contributed by atoms with Crippen LogP contribution in [0.3, 0.4) is 0 Å². The number of hydrogen-bond acceptors (Lipinski definition) is 2.